The Bertz CT molecular complexity index is 2930. The van der Waals surface area contributed by atoms with Crippen LogP contribution in [0.25, 0.3) is 78.4 Å². The largest absolute Gasteiger partial charge is 0.309 e. The molecule has 2 heterocycles. The number of hydrogen-bond donors (Lipinski definition) is 0. The van der Waals surface area contributed by atoms with E-state index in [1.165, 1.54) is 38.5 Å². The summed E-state index contributed by atoms with van der Waals surface area (Å²) in [6, 6.07) is 51.9. The first-order valence-electron chi connectivity index (χ1n) is 19.9. The molecule has 0 bridgehead atoms. The highest BCUT2D eigenvalue weighted by molar-refractivity contribution is 6.10. The van der Waals surface area contributed by atoms with E-state index in [1.54, 1.807) is 0 Å². The predicted molar refractivity (Wildman–Crippen MR) is 237 cm³/mol. The third-order valence-electron chi connectivity index (χ3n) is 11.7. The number of rotatable bonds is 7. The molecule has 0 fully saturated rings. The van der Waals surface area contributed by atoms with Gasteiger partial charge in [0, 0.05) is 38.6 Å². The second-order valence-electron chi connectivity index (χ2n) is 15.6. The number of nitrogens with zero attached hydrogens (tertiary/aromatic N) is 4. The normalized spacial score (nSPS) is 17.6. The fourth-order valence-electron chi connectivity index (χ4n) is 8.50. The van der Waals surface area contributed by atoms with Crippen LogP contribution in [0, 0.1) is 5.92 Å². The van der Waals surface area contributed by atoms with Crippen LogP contribution < -0.4 is 0 Å². The van der Waals surface area contributed by atoms with Gasteiger partial charge >= 0.3 is 0 Å². The molecule has 8 aromatic rings. The Morgan fingerprint density at radius 1 is 0.526 bits per heavy atom. The summed E-state index contributed by atoms with van der Waals surface area (Å²) in [6.45, 7) is 4.60. The van der Waals surface area contributed by atoms with Gasteiger partial charge in [0.1, 0.15) is 0 Å². The van der Waals surface area contributed by atoms with Crippen molar-refractivity contribution in [2.75, 3.05) is 0 Å². The van der Waals surface area contributed by atoms with E-state index in [0.29, 0.717) is 23.4 Å². The Morgan fingerprint density at radius 2 is 1.19 bits per heavy atom. The first kappa shape index (κ1) is 34.6. The van der Waals surface area contributed by atoms with Crippen molar-refractivity contribution in [2.45, 2.75) is 32.1 Å². The number of para-hydroxylation sites is 1. The van der Waals surface area contributed by atoms with Crippen molar-refractivity contribution in [1.29, 1.82) is 0 Å². The number of aromatic nitrogens is 4. The molecule has 0 aliphatic heterocycles. The van der Waals surface area contributed by atoms with Crippen LogP contribution in [0.3, 0.4) is 0 Å². The molecule has 57 heavy (non-hydrogen) atoms. The standard InChI is InChI=1S/C53H42N4/c1-36-15-7-8-22-45(36)40-27-30-49-47(35-40)46-23-9-10-24-48(46)57(49)44-28-25-38(26-29-44)50-54-51(41-19-13-18-39(33-41)37-16-5-3-6-17-37)56-52(55-50)42-20-14-21-43(34-42)53(2)31-11-4-12-32-53/h3-14,16-31,33-36H,15,32H2,1-2H3. The molecule has 4 nitrogen and oxygen atoms in total. The van der Waals surface area contributed by atoms with Crippen molar-refractivity contribution >= 4 is 27.4 Å². The molecule has 2 atom stereocenters. The minimum Gasteiger partial charge on any atom is -0.309 e. The average Bonchev–Trinajstić information content (AvgIpc) is 3.61. The van der Waals surface area contributed by atoms with Gasteiger partial charge in [0.2, 0.25) is 0 Å². The third-order valence-corrected chi connectivity index (χ3v) is 11.7. The minimum absolute atomic E-state index is 0.0966. The lowest BCUT2D eigenvalue weighted by Crippen LogP contribution is -2.19. The molecule has 2 aliphatic rings. The van der Waals surface area contributed by atoms with Crippen LogP contribution in [0.2, 0.25) is 0 Å². The summed E-state index contributed by atoms with van der Waals surface area (Å²) in [5.74, 6) is 2.43. The zero-order valence-corrected chi connectivity index (χ0v) is 32.2. The maximum Gasteiger partial charge on any atom is 0.164 e. The monoisotopic (exact) mass is 734 g/mol. The Morgan fingerprint density at radius 3 is 1.96 bits per heavy atom. The van der Waals surface area contributed by atoms with E-state index in [1.807, 2.05) is 6.07 Å². The van der Waals surface area contributed by atoms with Crippen molar-refractivity contribution in [3.8, 4) is 51.0 Å². The van der Waals surface area contributed by atoms with Crippen molar-refractivity contribution < 1.29 is 0 Å². The van der Waals surface area contributed by atoms with Gasteiger partial charge in [-0.1, -0.05) is 147 Å². The van der Waals surface area contributed by atoms with Gasteiger partial charge in [-0.2, -0.15) is 0 Å². The molecule has 0 N–H and O–H groups in total. The summed E-state index contributed by atoms with van der Waals surface area (Å²) in [7, 11) is 0. The molecule has 274 valence electrons. The van der Waals surface area contributed by atoms with E-state index >= 15 is 0 Å². The molecule has 2 aromatic heterocycles. The molecule has 0 saturated heterocycles. The van der Waals surface area contributed by atoms with Gasteiger partial charge < -0.3 is 4.57 Å². The minimum atomic E-state index is -0.0966. The van der Waals surface area contributed by atoms with Gasteiger partial charge in [-0.25, -0.2) is 15.0 Å². The Hall–Kier alpha value is -6.91. The molecule has 4 heteroatoms. The Kier molecular flexibility index (Phi) is 8.68. The number of fused-ring (bicyclic) bond motifs is 3. The quantitative estimate of drug-likeness (QED) is 0.164. The van der Waals surface area contributed by atoms with Crippen LogP contribution in [0.1, 0.15) is 37.8 Å². The fraction of sp³-hybridized carbons (Fsp3) is 0.113. The van der Waals surface area contributed by atoms with Crippen LogP contribution >= 0.6 is 0 Å². The van der Waals surface area contributed by atoms with Gasteiger partial charge in [-0.15, -0.1) is 0 Å². The number of benzene rings is 6. The number of hydrogen-bond acceptors (Lipinski definition) is 3. The predicted octanol–water partition coefficient (Wildman–Crippen LogP) is 13.4. The van der Waals surface area contributed by atoms with Gasteiger partial charge in [-0.05, 0) is 101 Å². The summed E-state index contributed by atoms with van der Waals surface area (Å²) in [4.78, 5) is 15.5. The molecule has 0 radical (unpaired) electrons. The van der Waals surface area contributed by atoms with E-state index in [2.05, 4.69) is 200 Å². The molecule has 6 aromatic carbocycles. The molecule has 0 amide bonds. The van der Waals surface area contributed by atoms with Crippen molar-refractivity contribution in [3.63, 3.8) is 0 Å². The van der Waals surface area contributed by atoms with E-state index in [4.69, 9.17) is 15.0 Å². The summed E-state index contributed by atoms with van der Waals surface area (Å²) in [5, 5.41) is 2.51. The van der Waals surface area contributed by atoms with Gasteiger partial charge in [0.25, 0.3) is 0 Å². The summed E-state index contributed by atoms with van der Waals surface area (Å²) in [6.07, 6.45) is 17.5. The summed E-state index contributed by atoms with van der Waals surface area (Å²) >= 11 is 0. The maximum absolute atomic E-state index is 5.17. The van der Waals surface area contributed by atoms with E-state index in [0.717, 1.165) is 46.3 Å². The second kappa shape index (κ2) is 14.3. The smallest absolute Gasteiger partial charge is 0.164 e. The molecule has 0 saturated carbocycles. The van der Waals surface area contributed by atoms with Crippen LogP contribution in [-0.2, 0) is 5.41 Å². The van der Waals surface area contributed by atoms with Crippen LogP contribution in [0.15, 0.2) is 188 Å². The van der Waals surface area contributed by atoms with Gasteiger partial charge in [-0.3, -0.25) is 0 Å². The van der Waals surface area contributed by atoms with Crippen LogP contribution in [0.5, 0.6) is 0 Å². The van der Waals surface area contributed by atoms with Crippen molar-refractivity contribution in [3.05, 3.63) is 199 Å². The van der Waals surface area contributed by atoms with Crippen molar-refractivity contribution in [1.82, 2.24) is 19.5 Å². The lowest BCUT2D eigenvalue weighted by molar-refractivity contribution is 0.600. The molecule has 10 rings (SSSR count). The highest BCUT2D eigenvalue weighted by Crippen LogP contribution is 2.38. The first-order chi connectivity index (χ1) is 28.0. The Balaban J connectivity index is 1.08. The molecular formula is C53H42N4. The summed E-state index contributed by atoms with van der Waals surface area (Å²) < 4.78 is 2.37. The zero-order valence-electron chi connectivity index (χ0n) is 32.2. The zero-order chi connectivity index (χ0) is 38.3. The highest BCUT2D eigenvalue weighted by atomic mass is 15.0. The van der Waals surface area contributed by atoms with E-state index in [-0.39, 0.29) is 5.41 Å². The lowest BCUT2D eigenvalue weighted by Gasteiger charge is -2.27. The maximum atomic E-state index is 5.17. The molecular weight excluding hydrogens is 693 g/mol. The Labute approximate surface area is 333 Å². The topological polar surface area (TPSA) is 43.6 Å². The summed E-state index contributed by atoms with van der Waals surface area (Å²) in [5.41, 5.74) is 12.4. The van der Waals surface area contributed by atoms with Crippen LogP contribution in [0.4, 0.5) is 0 Å². The third kappa shape index (κ3) is 6.43. The van der Waals surface area contributed by atoms with Gasteiger partial charge in [0.15, 0.2) is 17.5 Å². The fourth-order valence-corrected chi connectivity index (χ4v) is 8.50. The SMILES string of the molecule is CC1CC=CC=C1c1ccc2c(c1)c1ccccc1n2-c1ccc(-c2nc(-c3cccc(-c4ccccc4)c3)nc(-c3cccc(C4(C)C=CC=CC4)c3)n2)cc1. The highest BCUT2D eigenvalue weighted by Gasteiger charge is 2.24. The van der Waals surface area contributed by atoms with Gasteiger partial charge in [0.05, 0.1) is 11.0 Å². The van der Waals surface area contributed by atoms with E-state index in [9.17, 15) is 0 Å². The molecule has 0 spiro atoms. The first-order valence-corrected chi connectivity index (χ1v) is 19.9. The molecule has 2 unspecified atom stereocenters. The number of allylic oxidation sites excluding steroid dienone is 8. The van der Waals surface area contributed by atoms with Crippen LogP contribution in [-0.4, -0.2) is 19.5 Å². The molecule has 2 aliphatic carbocycles. The van der Waals surface area contributed by atoms with E-state index < -0.39 is 0 Å². The lowest BCUT2D eigenvalue weighted by atomic mass is 9.77. The van der Waals surface area contributed by atoms with Crippen molar-refractivity contribution in [2.24, 2.45) is 5.92 Å². The average molecular weight is 735 g/mol. The second-order valence-corrected chi connectivity index (χ2v) is 15.6.